The molecule has 0 spiro atoms. The average Bonchev–Trinajstić information content (AvgIpc) is 3.15. The molecule has 2 amide bonds. The SMILES string of the molecule is COc1ccc(C(=O)Nc2cccc(C)c2C(=O)N2CCCC2)c(F)c1. The highest BCUT2D eigenvalue weighted by molar-refractivity contribution is 6.09. The molecular formula is C20H21FN2O3. The second-order valence-corrected chi connectivity index (χ2v) is 6.30. The molecule has 1 heterocycles. The smallest absolute Gasteiger partial charge is 0.258 e. The van der Waals surface area contributed by atoms with Gasteiger partial charge in [0, 0.05) is 19.2 Å². The monoisotopic (exact) mass is 356 g/mol. The standard InChI is InChI=1S/C20H21FN2O3/c1-13-6-5-7-17(18(13)20(25)23-10-3-4-11-23)22-19(24)15-9-8-14(26-2)12-16(15)21/h5-9,12H,3-4,10-11H2,1-2H3,(H,22,24). The number of hydrogen-bond donors (Lipinski definition) is 1. The van der Waals surface area contributed by atoms with Crippen molar-refractivity contribution < 1.29 is 18.7 Å². The molecule has 0 aromatic heterocycles. The molecule has 1 saturated heterocycles. The molecule has 136 valence electrons. The van der Waals surface area contributed by atoms with Gasteiger partial charge in [-0.3, -0.25) is 9.59 Å². The Kier molecular flexibility index (Phi) is 5.21. The summed E-state index contributed by atoms with van der Waals surface area (Å²) in [5.41, 5.74) is 1.51. The van der Waals surface area contributed by atoms with Crippen molar-refractivity contribution >= 4 is 17.5 Å². The topological polar surface area (TPSA) is 58.6 Å². The molecule has 2 aromatic rings. The second kappa shape index (κ2) is 7.56. The van der Waals surface area contributed by atoms with E-state index in [0.29, 0.717) is 30.1 Å². The highest BCUT2D eigenvalue weighted by atomic mass is 19.1. The van der Waals surface area contributed by atoms with Gasteiger partial charge in [0.05, 0.1) is 23.9 Å². The number of carbonyl (C=O) groups is 2. The molecule has 0 radical (unpaired) electrons. The molecule has 1 aliphatic rings. The van der Waals surface area contributed by atoms with Crippen LogP contribution in [-0.4, -0.2) is 36.9 Å². The lowest BCUT2D eigenvalue weighted by Gasteiger charge is -2.19. The minimum Gasteiger partial charge on any atom is -0.497 e. The van der Waals surface area contributed by atoms with E-state index < -0.39 is 11.7 Å². The summed E-state index contributed by atoms with van der Waals surface area (Å²) in [5.74, 6) is -1.06. The molecule has 2 aromatic carbocycles. The zero-order chi connectivity index (χ0) is 18.7. The highest BCUT2D eigenvalue weighted by Crippen LogP contribution is 2.25. The first kappa shape index (κ1) is 17.9. The molecule has 0 aliphatic carbocycles. The first-order chi connectivity index (χ1) is 12.5. The van der Waals surface area contributed by atoms with Gasteiger partial charge in [-0.2, -0.15) is 0 Å². The Bertz CT molecular complexity index is 845. The van der Waals surface area contributed by atoms with E-state index in [0.717, 1.165) is 24.5 Å². The highest BCUT2D eigenvalue weighted by Gasteiger charge is 2.24. The van der Waals surface area contributed by atoms with Crippen LogP contribution in [0.2, 0.25) is 0 Å². The van der Waals surface area contributed by atoms with Crippen molar-refractivity contribution in [2.45, 2.75) is 19.8 Å². The number of ether oxygens (including phenoxy) is 1. The number of methoxy groups -OCH3 is 1. The van der Waals surface area contributed by atoms with Crippen molar-refractivity contribution in [2.24, 2.45) is 0 Å². The lowest BCUT2D eigenvalue weighted by molar-refractivity contribution is 0.0793. The Morgan fingerprint density at radius 3 is 2.54 bits per heavy atom. The molecular weight excluding hydrogens is 335 g/mol. The fourth-order valence-corrected chi connectivity index (χ4v) is 3.13. The number of likely N-dealkylation sites (tertiary alicyclic amines) is 1. The first-order valence-corrected chi connectivity index (χ1v) is 8.55. The van der Waals surface area contributed by atoms with Crippen LogP contribution >= 0.6 is 0 Å². The van der Waals surface area contributed by atoms with Crippen molar-refractivity contribution in [3.8, 4) is 5.75 Å². The third kappa shape index (κ3) is 3.54. The van der Waals surface area contributed by atoms with Crippen LogP contribution in [0.3, 0.4) is 0 Å². The summed E-state index contributed by atoms with van der Waals surface area (Å²) in [6, 6.07) is 9.28. The zero-order valence-corrected chi connectivity index (χ0v) is 14.8. The Morgan fingerprint density at radius 2 is 1.88 bits per heavy atom. The predicted molar refractivity (Wildman–Crippen MR) is 97.2 cm³/mol. The van der Waals surface area contributed by atoms with Crippen LogP contribution in [0, 0.1) is 12.7 Å². The number of amides is 2. The van der Waals surface area contributed by atoms with Crippen LogP contribution in [0.5, 0.6) is 5.75 Å². The maximum atomic E-state index is 14.2. The summed E-state index contributed by atoms with van der Waals surface area (Å²) < 4.78 is 19.1. The molecule has 1 aliphatic heterocycles. The van der Waals surface area contributed by atoms with Crippen molar-refractivity contribution in [1.82, 2.24) is 4.90 Å². The first-order valence-electron chi connectivity index (χ1n) is 8.55. The molecule has 3 rings (SSSR count). The van der Waals surface area contributed by atoms with Crippen LogP contribution in [0.25, 0.3) is 0 Å². The lowest BCUT2D eigenvalue weighted by atomic mass is 10.0. The van der Waals surface area contributed by atoms with Gasteiger partial charge in [-0.15, -0.1) is 0 Å². The van der Waals surface area contributed by atoms with Gasteiger partial charge in [0.2, 0.25) is 0 Å². The number of halogens is 1. The van der Waals surface area contributed by atoms with E-state index in [4.69, 9.17) is 4.74 Å². The minimum atomic E-state index is -0.679. The number of carbonyl (C=O) groups excluding carboxylic acids is 2. The number of hydrogen-bond acceptors (Lipinski definition) is 3. The molecule has 6 heteroatoms. The normalized spacial score (nSPS) is 13.6. The summed E-state index contributed by atoms with van der Waals surface area (Å²) in [5, 5.41) is 2.68. The minimum absolute atomic E-state index is 0.105. The molecule has 26 heavy (non-hydrogen) atoms. The lowest BCUT2D eigenvalue weighted by Crippen LogP contribution is -2.29. The van der Waals surface area contributed by atoms with Crippen LogP contribution in [-0.2, 0) is 0 Å². The second-order valence-electron chi connectivity index (χ2n) is 6.30. The number of rotatable bonds is 4. The quantitative estimate of drug-likeness (QED) is 0.910. The maximum Gasteiger partial charge on any atom is 0.258 e. The fraction of sp³-hybridized carbons (Fsp3) is 0.300. The Morgan fingerprint density at radius 1 is 1.15 bits per heavy atom. The van der Waals surface area contributed by atoms with Gasteiger partial charge in [-0.1, -0.05) is 12.1 Å². The number of aryl methyl sites for hydroxylation is 1. The van der Waals surface area contributed by atoms with Gasteiger partial charge < -0.3 is 15.0 Å². The van der Waals surface area contributed by atoms with Crippen molar-refractivity contribution in [3.63, 3.8) is 0 Å². The molecule has 0 unspecified atom stereocenters. The third-order valence-corrected chi connectivity index (χ3v) is 4.55. The zero-order valence-electron chi connectivity index (χ0n) is 14.8. The van der Waals surface area contributed by atoms with E-state index in [1.165, 1.54) is 19.2 Å². The fourth-order valence-electron chi connectivity index (χ4n) is 3.13. The molecule has 0 atom stereocenters. The Balaban J connectivity index is 1.89. The van der Waals surface area contributed by atoms with Crippen LogP contribution in [0.15, 0.2) is 36.4 Å². The summed E-state index contributed by atoms with van der Waals surface area (Å²) in [4.78, 5) is 27.1. The average molecular weight is 356 g/mol. The van der Waals surface area contributed by atoms with Crippen LogP contribution in [0.1, 0.15) is 39.1 Å². The summed E-state index contributed by atoms with van der Waals surface area (Å²) in [6.45, 7) is 3.26. The number of nitrogens with one attached hydrogen (secondary N) is 1. The van der Waals surface area contributed by atoms with Crippen molar-refractivity contribution in [1.29, 1.82) is 0 Å². The number of nitrogens with zero attached hydrogens (tertiary/aromatic N) is 1. The summed E-state index contributed by atoms with van der Waals surface area (Å²) >= 11 is 0. The predicted octanol–water partition coefficient (Wildman–Crippen LogP) is 3.63. The molecule has 0 saturated carbocycles. The van der Waals surface area contributed by atoms with Gasteiger partial charge in [0.15, 0.2) is 0 Å². The van der Waals surface area contributed by atoms with Gasteiger partial charge >= 0.3 is 0 Å². The van der Waals surface area contributed by atoms with Crippen LogP contribution in [0.4, 0.5) is 10.1 Å². The van der Waals surface area contributed by atoms with E-state index in [1.54, 1.807) is 17.0 Å². The number of benzene rings is 2. The van der Waals surface area contributed by atoms with Crippen molar-refractivity contribution in [2.75, 3.05) is 25.5 Å². The molecule has 1 N–H and O–H groups in total. The van der Waals surface area contributed by atoms with Gasteiger partial charge in [0.25, 0.3) is 11.8 Å². The van der Waals surface area contributed by atoms with Gasteiger partial charge in [-0.05, 0) is 43.5 Å². The maximum absolute atomic E-state index is 14.2. The third-order valence-electron chi connectivity index (χ3n) is 4.55. The molecule has 0 bridgehead atoms. The van der Waals surface area contributed by atoms with Crippen molar-refractivity contribution in [3.05, 3.63) is 58.9 Å². The largest absolute Gasteiger partial charge is 0.497 e. The Labute approximate surface area is 151 Å². The van der Waals surface area contributed by atoms with E-state index in [-0.39, 0.29) is 11.5 Å². The van der Waals surface area contributed by atoms with Gasteiger partial charge in [-0.25, -0.2) is 4.39 Å². The molecule has 5 nitrogen and oxygen atoms in total. The van der Waals surface area contributed by atoms with E-state index >= 15 is 0 Å². The summed E-state index contributed by atoms with van der Waals surface area (Å²) in [7, 11) is 1.43. The van der Waals surface area contributed by atoms with Crippen LogP contribution < -0.4 is 10.1 Å². The molecule has 1 fully saturated rings. The number of anilines is 1. The van der Waals surface area contributed by atoms with E-state index in [1.807, 2.05) is 13.0 Å². The van der Waals surface area contributed by atoms with Gasteiger partial charge in [0.1, 0.15) is 11.6 Å². The summed E-state index contributed by atoms with van der Waals surface area (Å²) in [6.07, 6.45) is 1.97. The van der Waals surface area contributed by atoms with E-state index in [9.17, 15) is 14.0 Å². The Hall–Kier alpha value is -2.89. The van der Waals surface area contributed by atoms with E-state index in [2.05, 4.69) is 5.32 Å².